The van der Waals surface area contributed by atoms with Crippen molar-refractivity contribution in [3.8, 4) is 61.5 Å². The summed E-state index contributed by atoms with van der Waals surface area (Å²) in [4.78, 5) is 0. The fourth-order valence-corrected chi connectivity index (χ4v) is 10.6. The highest BCUT2D eigenvalue weighted by molar-refractivity contribution is 6.22. The molecule has 1 aromatic heterocycles. The minimum Gasteiger partial charge on any atom is -0.313 e. The van der Waals surface area contributed by atoms with Gasteiger partial charge in [0.15, 0.2) is 0 Å². The topological polar surface area (TPSA) is 4.93 Å². The van der Waals surface area contributed by atoms with E-state index in [0.717, 1.165) is 6.42 Å². The number of fused-ring (bicyclic) bond motifs is 6. The molecule has 294 valence electrons. The van der Waals surface area contributed by atoms with E-state index in [4.69, 9.17) is 0 Å². The Balaban J connectivity index is 1.08. The van der Waals surface area contributed by atoms with E-state index in [1.807, 2.05) is 0 Å². The number of nitrogens with zero attached hydrogens (tertiary/aromatic N) is 1. The van der Waals surface area contributed by atoms with E-state index in [2.05, 4.69) is 237 Å². The van der Waals surface area contributed by atoms with Crippen molar-refractivity contribution in [1.29, 1.82) is 0 Å². The van der Waals surface area contributed by atoms with E-state index in [9.17, 15) is 0 Å². The lowest BCUT2D eigenvalue weighted by molar-refractivity contribution is 0.660. The number of hydrogen-bond donors (Lipinski definition) is 0. The van der Waals surface area contributed by atoms with Crippen LogP contribution in [0.15, 0.2) is 218 Å². The minimum absolute atomic E-state index is 0.0475. The third kappa shape index (κ3) is 5.76. The fraction of sp³-hybridized carbons (Fsp3) is 0.0820. The lowest BCUT2D eigenvalue weighted by atomic mass is 9.81. The summed E-state index contributed by atoms with van der Waals surface area (Å²) in [5.41, 5.74) is 17.8. The van der Waals surface area contributed by atoms with E-state index >= 15 is 0 Å². The van der Waals surface area contributed by atoms with Crippen molar-refractivity contribution < 1.29 is 0 Å². The minimum atomic E-state index is -0.0475. The van der Waals surface area contributed by atoms with Crippen LogP contribution in [0.1, 0.15) is 43.0 Å². The van der Waals surface area contributed by atoms with Gasteiger partial charge in [-0.3, -0.25) is 0 Å². The molecule has 0 fully saturated rings. The summed E-state index contributed by atoms with van der Waals surface area (Å²) >= 11 is 0. The zero-order valence-corrected chi connectivity index (χ0v) is 35.0. The standard InChI is InChI=1S/C61H45N/c1-61(2)55-24-14-13-21-49(55)50-33-31-46(38-56(50)61)41-25-28-44(29-26-41)59-51-22-11-12-23-52(51)60(47-30-27-40-15-9-10-20-45(40)37-47)53-34-32-48(39-54(53)59)62-57(42-16-5-3-6-17-42)35-36-58(62)43-18-7-4-8-19-43/h3-18,20-39,43H,19H2,1-2H3. The van der Waals surface area contributed by atoms with Crippen LogP contribution in [0.4, 0.5) is 0 Å². The van der Waals surface area contributed by atoms with Gasteiger partial charge in [0, 0.05) is 22.7 Å². The zero-order valence-electron chi connectivity index (χ0n) is 35.0. The van der Waals surface area contributed by atoms with Crippen molar-refractivity contribution in [2.24, 2.45) is 0 Å². The molecule has 2 aliphatic carbocycles. The molecule has 0 aliphatic heterocycles. The van der Waals surface area contributed by atoms with Gasteiger partial charge in [0.25, 0.3) is 0 Å². The predicted molar refractivity (Wildman–Crippen MR) is 263 cm³/mol. The largest absolute Gasteiger partial charge is 0.313 e. The molecule has 1 heterocycles. The quantitative estimate of drug-likeness (QED) is 0.148. The molecule has 1 unspecified atom stereocenters. The molecule has 1 atom stereocenters. The third-order valence-corrected chi connectivity index (χ3v) is 13.7. The van der Waals surface area contributed by atoms with Crippen LogP contribution in [0.25, 0.3) is 93.8 Å². The second-order valence-electron chi connectivity index (χ2n) is 17.6. The second-order valence-corrected chi connectivity index (χ2v) is 17.6. The molecule has 0 saturated carbocycles. The monoisotopic (exact) mass is 791 g/mol. The molecular weight excluding hydrogens is 747 g/mol. The Morgan fingerprint density at radius 3 is 1.90 bits per heavy atom. The van der Waals surface area contributed by atoms with Gasteiger partial charge < -0.3 is 4.57 Å². The van der Waals surface area contributed by atoms with Gasteiger partial charge in [0.05, 0.1) is 5.69 Å². The predicted octanol–water partition coefficient (Wildman–Crippen LogP) is 16.5. The highest BCUT2D eigenvalue weighted by Gasteiger charge is 2.35. The first-order valence-electron chi connectivity index (χ1n) is 21.9. The number of hydrogen-bond acceptors (Lipinski definition) is 0. The zero-order chi connectivity index (χ0) is 41.4. The number of rotatable bonds is 6. The summed E-state index contributed by atoms with van der Waals surface area (Å²) in [6.45, 7) is 4.72. The first kappa shape index (κ1) is 36.4. The maximum atomic E-state index is 2.51. The van der Waals surface area contributed by atoms with Gasteiger partial charge >= 0.3 is 0 Å². The average molecular weight is 792 g/mol. The van der Waals surface area contributed by atoms with Crippen LogP contribution in [-0.4, -0.2) is 4.57 Å². The Kier molecular flexibility index (Phi) is 8.40. The fourth-order valence-electron chi connectivity index (χ4n) is 10.6. The second kappa shape index (κ2) is 14.3. The lowest BCUT2D eigenvalue weighted by Crippen LogP contribution is -2.14. The molecule has 0 saturated heterocycles. The number of aromatic nitrogens is 1. The van der Waals surface area contributed by atoms with E-state index < -0.39 is 0 Å². The summed E-state index contributed by atoms with van der Waals surface area (Å²) in [6, 6.07) is 72.7. The van der Waals surface area contributed by atoms with Crippen LogP contribution in [0, 0.1) is 0 Å². The Morgan fingerprint density at radius 2 is 1.10 bits per heavy atom. The van der Waals surface area contributed by atoms with Gasteiger partial charge in [-0.25, -0.2) is 0 Å². The summed E-state index contributed by atoms with van der Waals surface area (Å²) in [5, 5.41) is 7.50. The van der Waals surface area contributed by atoms with Crippen molar-refractivity contribution >= 4 is 32.3 Å². The van der Waals surface area contributed by atoms with Crippen LogP contribution < -0.4 is 0 Å². The highest BCUT2D eigenvalue weighted by Crippen LogP contribution is 2.50. The summed E-state index contributed by atoms with van der Waals surface area (Å²) in [5.74, 6) is 0.281. The Bertz CT molecular complexity index is 3450. The smallest absolute Gasteiger partial charge is 0.0531 e. The van der Waals surface area contributed by atoms with E-state index in [1.54, 1.807) is 0 Å². The summed E-state index contributed by atoms with van der Waals surface area (Å²) in [6.07, 6.45) is 9.97. The molecule has 10 aromatic rings. The summed E-state index contributed by atoms with van der Waals surface area (Å²) < 4.78 is 2.51. The lowest BCUT2D eigenvalue weighted by Gasteiger charge is -2.22. The SMILES string of the molecule is CC1(C)c2ccccc2-c2ccc(-c3ccc(-c4c5ccccc5c(-c5ccc6ccccc6c5)c5ccc(-n6c(-c7ccccc7)ccc6C6C=CC=CC6)cc45)cc3)cc21. The van der Waals surface area contributed by atoms with Crippen LogP contribution in [0.5, 0.6) is 0 Å². The molecule has 0 spiro atoms. The molecule has 0 amide bonds. The first-order chi connectivity index (χ1) is 30.5. The Morgan fingerprint density at radius 1 is 0.435 bits per heavy atom. The Hall–Kier alpha value is -7.48. The van der Waals surface area contributed by atoms with Crippen molar-refractivity contribution in [2.75, 3.05) is 0 Å². The van der Waals surface area contributed by atoms with Crippen molar-refractivity contribution in [2.45, 2.75) is 31.6 Å². The molecule has 62 heavy (non-hydrogen) atoms. The molecule has 2 aliphatic rings. The van der Waals surface area contributed by atoms with Crippen LogP contribution in [0.2, 0.25) is 0 Å². The molecule has 0 bridgehead atoms. The maximum Gasteiger partial charge on any atom is 0.0531 e. The van der Waals surface area contributed by atoms with Crippen LogP contribution in [0.3, 0.4) is 0 Å². The average Bonchev–Trinajstić information content (AvgIpc) is 3.88. The van der Waals surface area contributed by atoms with Crippen molar-refractivity contribution in [3.63, 3.8) is 0 Å². The van der Waals surface area contributed by atoms with Crippen molar-refractivity contribution in [1.82, 2.24) is 4.57 Å². The Labute approximate surface area is 363 Å². The third-order valence-electron chi connectivity index (χ3n) is 13.7. The molecular formula is C61H45N. The van der Waals surface area contributed by atoms with E-state index in [-0.39, 0.29) is 11.3 Å². The molecule has 1 heteroatoms. The summed E-state index contributed by atoms with van der Waals surface area (Å²) in [7, 11) is 0. The van der Waals surface area contributed by atoms with E-state index in [0.29, 0.717) is 0 Å². The van der Waals surface area contributed by atoms with Crippen LogP contribution in [-0.2, 0) is 5.41 Å². The molecule has 9 aromatic carbocycles. The van der Waals surface area contributed by atoms with E-state index in [1.165, 1.54) is 111 Å². The number of allylic oxidation sites excluding steroid dienone is 4. The molecule has 1 nitrogen and oxygen atoms in total. The first-order valence-corrected chi connectivity index (χ1v) is 21.9. The number of benzene rings is 9. The van der Waals surface area contributed by atoms with Gasteiger partial charge in [-0.15, -0.1) is 0 Å². The van der Waals surface area contributed by atoms with Crippen LogP contribution >= 0.6 is 0 Å². The van der Waals surface area contributed by atoms with Gasteiger partial charge in [-0.05, 0) is 136 Å². The van der Waals surface area contributed by atoms with Gasteiger partial charge in [-0.2, -0.15) is 0 Å². The maximum absolute atomic E-state index is 2.51. The molecule has 0 radical (unpaired) electrons. The van der Waals surface area contributed by atoms with Gasteiger partial charge in [0.1, 0.15) is 0 Å². The van der Waals surface area contributed by atoms with Gasteiger partial charge in [-0.1, -0.05) is 196 Å². The van der Waals surface area contributed by atoms with Crippen molar-refractivity contribution in [3.05, 3.63) is 235 Å². The molecule has 12 rings (SSSR count). The molecule has 0 N–H and O–H groups in total. The highest BCUT2D eigenvalue weighted by atomic mass is 15.0. The normalized spacial score (nSPS) is 15.0. The van der Waals surface area contributed by atoms with Gasteiger partial charge in [0.2, 0.25) is 0 Å².